The van der Waals surface area contributed by atoms with Crippen LogP contribution in [0, 0.1) is 0 Å². The van der Waals surface area contributed by atoms with Gasteiger partial charge in [0.1, 0.15) is 13.2 Å². The standard InChI is InChI=1S/C11H10Cl6O6/c1-5(2)7(18)23-6(3-21-8(19)10(12,13)14)4-22-9(20)11(15,16)17/h6H,1,3-4H2,2H3. The van der Waals surface area contributed by atoms with E-state index in [1.165, 1.54) is 6.92 Å². The van der Waals surface area contributed by atoms with Crippen LogP contribution in [0.5, 0.6) is 0 Å². The van der Waals surface area contributed by atoms with Crippen LogP contribution < -0.4 is 0 Å². The zero-order valence-corrected chi connectivity index (χ0v) is 16.0. The summed E-state index contributed by atoms with van der Waals surface area (Å²) in [6.45, 7) is 3.59. The van der Waals surface area contributed by atoms with Crippen molar-refractivity contribution in [2.24, 2.45) is 0 Å². The van der Waals surface area contributed by atoms with Gasteiger partial charge in [-0.3, -0.25) is 0 Å². The molecule has 6 nitrogen and oxygen atoms in total. The molecule has 0 saturated carbocycles. The van der Waals surface area contributed by atoms with Crippen LogP contribution in [-0.2, 0) is 28.6 Å². The molecule has 0 saturated heterocycles. The van der Waals surface area contributed by atoms with Gasteiger partial charge in [0.05, 0.1) is 0 Å². The Hall–Kier alpha value is -0.110. The third kappa shape index (κ3) is 9.69. The lowest BCUT2D eigenvalue weighted by molar-refractivity contribution is -0.163. The Kier molecular flexibility index (Phi) is 9.35. The first-order valence-corrected chi connectivity index (χ1v) is 7.86. The Labute approximate surface area is 161 Å². The van der Waals surface area contributed by atoms with E-state index in [4.69, 9.17) is 74.3 Å². The van der Waals surface area contributed by atoms with Crippen molar-refractivity contribution in [3.8, 4) is 0 Å². The van der Waals surface area contributed by atoms with Crippen molar-refractivity contribution in [2.75, 3.05) is 13.2 Å². The summed E-state index contributed by atoms with van der Waals surface area (Å²) in [5.74, 6) is -3.26. The van der Waals surface area contributed by atoms with Gasteiger partial charge in [-0.15, -0.1) is 0 Å². The van der Waals surface area contributed by atoms with Gasteiger partial charge in [0.25, 0.3) is 7.59 Å². The summed E-state index contributed by atoms with van der Waals surface area (Å²) in [5.41, 5.74) is 0.0513. The lowest BCUT2D eigenvalue weighted by Crippen LogP contribution is -2.35. The molecule has 0 aliphatic rings. The van der Waals surface area contributed by atoms with Gasteiger partial charge in [0, 0.05) is 5.57 Å². The van der Waals surface area contributed by atoms with Crippen LogP contribution in [0.4, 0.5) is 0 Å². The van der Waals surface area contributed by atoms with Crippen molar-refractivity contribution in [3.05, 3.63) is 12.2 Å². The number of halogens is 6. The highest BCUT2D eigenvalue weighted by molar-refractivity contribution is 6.76. The predicted octanol–water partition coefficient (Wildman–Crippen LogP) is 3.30. The number of esters is 3. The van der Waals surface area contributed by atoms with Crippen LogP contribution in [0.1, 0.15) is 6.92 Å². The minimum absolute atomic E-state index is 0.0513. The molecule has 0 unspecified atom stereocenters. The van der Waals surface area contributed by atoms with Gasteiger partial charge in [0.2, 0.25) is 0 Å². The molecule has 12 heteroatoms. The Bertz CT molecular complexity index is 450. The summed E-state index contributed by atoms with van der Waals surface area (Å²) in [4.78, 5) is 34.2. The lowest BCUT2D eigenvalue weighted by Gasteiger charge is -2.20. The summed E-state index contributed by atoms with van der Waals surface area (Å²) < 4.78 is 9.51. The van der Waals surface area contributed by atoms with Gasteiger partial charge < -0.3 is 14.2 Å². The second-order valence-corrected chi connectivity index (χ2v) is 8.56. The minimum Gasteiger partial charge on any atom is -0.458 e. The van der Waals surface area contributed by atoms with E-state index in [1.54, 1.807) is 0 Å². The maximum atomic E-state index is 11.5. The quantitative estimate of drug-likeness (QED) is 0.267. The van der Waals surface area contributed by atoms with Gasteiger partial charge in [-0.2, -0.15) is 0 Å². The minimum atomic E-state index is -2.32. The number of carbonyl (C=O) groups excluding carboxylic acids is 3. The topological polar surface area (TPSA) is 78.9 Å². The Morgan fingerprint density at radius 2 is 1.26 bits per heavy atom. The largest absolute Gasteiger partial charge is 0.458 e. The highest BCUT2D eigenvalue weighted by Crippen LogP contribution is 2.28. The average Bonchev–Trinajstić information content (AvgIpc) is 2.38. The maximum absolute atomic E-state index is 11.5. The van der Waals surface area contributed by atoms with E-state index < -0.39 is 44.8 Å². The average molecular weight is 451 g/mol. The van der Waals surface area contributed by atoms with E-state index in [0.717, 1.165) is 0 Å². The molecule has 23 heavy (non-hydrogen) atoms. The third-order valence-corrected chi connectivity index (χ3v) is 2.81. The number of ether oxygens (including phenoxy) is 3. The molecule has 0 aromatic heterocycles. The van der Waals surface area contributed by atoms with Crippen molar-refractivity contribution in [1.29, 1.82) is 0 Å². The van der Waals surface area contributed by atoms with Crippen LogP contribution in [0.25, 0.3) is 0 Å². The molecule has 0 spiro atoms. The van der Waals surface area contributed by atoms with Crippen molar-refractivity contribution in [2.45, 2.75) is 20.6 Å². The summed E-state index contributed by atoms with van der Waals surface area (Å²) in [5, 5.41) is 0. The van der Waals surface area contributed by atoms with Gasteiger partial charge in [-0.05, 0) is 6.92 Å². The molecule has 0 aromatic carbocycles. The molecule has 0 aliphatic heterocycles. The fraction of sp³-hybridized carbons (Fsp3) is 0.545. The summed E-state index contributed by atoms with van der Waals surface area (Å²) in [6.07, 6.45) is -1.23. The molecule has 0 radical (unpaired) electrons. The monoisotopic (exact) mass is 448 g/mol. The molecule has 0 aliphatic carbocycles. The molecule has 0 amide bonds. The van der Waals surface area contributed by atoms with E-state index in [1.807, 2.05) is 0 Å². The van der Waals surface area contributed by atoms with E-state index in [2.05, 4.69) is 16.1 Å². The van der Waals surface area contributed by atoms with Gasteiger partial charge in [0.15, 0.2) is 6.10 Å². The molecule has 132 valence electrons. The second kappa shape index (κ2) is 9.39. The van der Waals surface area contributed by atoms with E-state index >= 15 is 0 Å². The van der Waals surface area contributed by atoms with Crippen LogP contribution >= 0.6 is 69.6 Å². The summed E-state index contributed by atoms with van der Waals surface area (Å²) in [6, 6.07) is 0. The summed E-state index contributed by atoms with van der Waals surface area (Å²) in [7, 11) is 0. The smallest absolute Gasteiger partial charge is 0.358 e. The SMILES string of the molecule is C=C(C)C(=O)OC(COC(=O)C(Cl)(Cl)Cl)COC(=O)C(Cl)(Cl)Cl. The van der Waals surface area contributed by atoms with Crippen molar-refractivity contribution >= 4 is 87.5 Å². The van der Waals surface area contributed by atoms with Gasteiger partial charge in [-0.25, -0.2) is 14.4 Å². The van der Waals surface area contributed by atoms with Crippen molar-refractivity contribution in [3.63, 3.8) is 0 Å². The van der Waals surface area contributed by atoms with E-state index in [-0.39, 0.29) is 5.57 Å². The van der Waals surface area contributed by atoms with Crippen molar-refractivity contribution < 1.29 is 28.6 Å². The van der Waals surface area contributed by atoms with Crippen LogP contribution in [0.2, 0.25) is 0 Å². The summed E-state index contributed by atoms with van der Waals surface area (Å²) >= 11 is 31.8. The number of hydrogen-bond acceptors (Lipinski definition) is 6. The Balaban J connectivity index is 4.76. The van der Waals surface area contributed by atoms with Gasteiger partial charge in [-0.1, -0.05) is 76.2 Å². The van der Waals surface area contributed by atoms with Crippen LogP contribution in [0.3, 0.4) is 0 Å². The molecular weight excluding hydrogens is 441 g/mol. The van der Waals surface area contributed by atoms with E-state index in [0.29, 0.717) is 0 Å². The fourth-order valence-corrected chi connectivity index (χ4v) is 1.20. The molecule has 0 aromatic rings. The lowest BCUT2D eigenvalue weighted by atomic mass is 10.3. The molecule has 0 bridgehead atoms. The first-order valence-electron chi connectivity index (χ1n) is 5.59. The normalized spacial score (nSPS) is 11.8. The molecular formula is C11H10Cl6O6. The van der Waals surface area contributed by atoms with Crippen LogP contribution in [0.15, 0.2) is 12.2 Å². The second-order valence-electron chi connectivity index (χ2n) is 4.00. The zero-order chi connectivity index (χ0) is 18.4. The first kappa shape index (κ1) is 22.9. The molecule has 0 atom stereocenters. The number of carbonyl (C=O) groups is 3. The fourth-order valence-electron chi connectivity index (χ4n) is 0.869. The van der Waals surface area contributed by atoms with Crippen molar-refractivity contribution in [1.82, 2.24) is 0 Å². The molecule has 0 rings (SSSR count). The molecule has 0 N–H and O–H groups in total. The highest BCUT2D eigenvalue weighted by Gasteiger charge is 2.35. The first-order chi connectivity index (χ1) is 10.2. The van der Waals surface area contributed by atoms with Gasteiger partial charge >= 0.3 is 17.9 Å². The Morgan fingerprint density at radius 3 is 1.52 bits per heavy atom. The number of alkyl halides is 6. The maximum Gasteiger partial charge on any atom is 0.358 e. The Morgan fingerprint density at radius 1 is 0.913 bits per heavy atom. The number of hydrogen-bond donors (Lipinski definition) is 0. The zero-order valence-electron chi connectivity index (χ0n) is 11.4. The van der Waals surface area contributed by atoms with E-state index in [9.17, 15) is 14.4 Å². The predicted molar refractivity (Wildman–Crippen MR) is 87.2 cm³/mol. The molecule has 0 fully saturated rings. The molecule has 0 heterocycles. The number of rotatable bonds is 6. The van der Waals surface area contributed by atoms with Crippen LogP contribution in [-0.4, -0.2) is 44.8 Å². The third-order valence-electron chi connectivity index (χ3n) is 1.89. The highest BCUT2D eigenvalue weighted by atomic mass is 35.6.